The van der Waals surface area contributed by atoms with E-state index in [-0.39, 0.29) is 0 Å². The van der Waals surface area contributed by atoms with Crippen molar-refractivity contribution >= 4 is 22.1 Å². The number of nitrogens with zero attached hydrogens (tertiary/aromatic N) is 4. The van der Waals surface area contributed by atoms with Crippen molar-refractivity contribution in [2.75, 3.05) is 14.2 Å². The number of ether oxygens (including phenoxy) is 2. The van der Waals surface area contributed by atoms with Crippen molar-refractivity contribution in [2.45, 2.75) is 0 Å². The van der Waals surface area contributed by atoms with Crippen LogP contribution in [0.15, 0.2) is 34.4 Å². The van der Waals surface area contributed by atoms with Crippen molar-refractivity contribution in [2.24, 2.45) is 5.10 Å². The highest BCUT2D eigenvalue weighted by molar-refractivity contribution is 9.10. The fourth-order valence-corrected chi connectivity index (χ4v) is 1.89. The zero-order valence-corrected chi connectivity index (χ0v) is 11.5. The van der Waals surface area contributed by atoms with Gasteiger partial charge in [0.25, 0.3) is 0 Å². The number of rotatable bonds is 4. The van der Waals surface area contributed by atoms with Crippen molar-refractivity contribution in [3.8, 4) is 11.5 Å². The van der Waals surface area contributed by atoms with Crippen LogP contribution in [0.25, 0.3) is 0 Å². The molecular formula is C11H11BrN4O2. The minimum Gasteiger partial charge on any atom is -0.493 e. The molecule has 0 unspecified atom stereocenters. The van der Waals surface area contributed by atoms with Crippen LogP contribution in [0.5, 0.6) is 11.5 Å². The van der Waals surface area contributed by atoms with Gasteiger partial charge in [-0.1, -0.05) is 15.9 Å². The van der Waals surface area contributed by atoms with E-state index in [4.69, 9.17) is 9.47 Å². The maximum absolute atomic E-state index is 5.31. The van der Waals surface area contributed by atoms with E-state index < -0.39 is 0 Å². The van der Waals surface area contributed by atoms with Gasteiger partial charge in [0.05, 0.1) is 20.4 Å². The Morgan fingerprint density at radius 3 is 2.56 bits per heavy atom. The standard InChI is InChI=1S/C11H11BrN4O2/c1-17-10-4-9(12)3-8(11(10)18-2)5-15-16-6-13-14-7-16/h3-7H,1-2H3/b15-5-. The molecule has 94 valence electrons. The van der Waals surface area contributed by atoms with Crippen LogP contribution < -0.4 is 9.47 Å². The fourth-order valence-electron chi connectivity index (χ4n) is 1.44. The van der Waals surface area contributed by atoms with Gasteiger partial charge in [-0.25, -0.2) is 4.68 Å². The Morgan fingerprint density at radius 1 is 1.22 bits per heavy atom. The van der Waals surface area contributed by atoms with E-state index in [1.54, 1.807) is 20.4 Å². The number of methoxy groups -OCH3 is 2. The molecule has 2 aromatic rings. The van der Waals surface area contributed by atoms with E-state index in [9.17, 15) is 0 Å². The summed E-state index contributed by atoms with van der Waals surface area (Å²) in [7, 11) is 3.17. The van der Waals surface area contributed by atoms with Crippen molar-refractivity contribution < 1.29 is 9.47 Å². The summed E-state index contributed by atoms with van der Waals surface area (Å²) in [6, 6.07) is 3.71. The SMILES string of the molecule is COc1cc(Br)cc(/C=N\n2cnnc2)c1OC. The van der Waals surface area contributed by atoms with Gasteiger partial charge in [-0.3, -0.25) is 0 Å². The smallest absolute Gasteiger partial charge is 0.169 e. The monoisotopic (exact) mass is 310 g/mol. The summed E-state index contributed by atoms with van der Waals surface area (Å²) in [4.78, 5) is 0. The molecule has 6 nitrogen and oxygen atoms in total. The van der Waals surface area contributed by atoms with Crippen molar-refractivity contribution in [1.29, 1.82) is 0 Å². The van der Waals surface area contributed by atoms with Gasteiger partial charge in [-0.15, -0.1) is 10.2 Å². The highest BCUT2D eigenvalue weighted by Crippen LogP contribution is 2.33. The van der Waals surface area contributed by atoms with Crippen molar-refractivity contribution in [1.82, 2.24) is 14.9 Å². The first-order valence-corrected chi connectivity index (χ1v) is 5.84. The molecule has 2 rings (SSSR count). The van der Waals surface area contributed by atoms with Crippen LogP contribution in [-0.4, -0.2) is 35.3 Å². The molecule has 7 heteroatoms. The van der Waals surface area contributed by atoms with Crippen LogP contribution in [0, 0.1) is 0 Å². The van der Waals surface area contributed by atoms with E-state index in [0.29, 0.717) is 11.5 Å². The molecule has 0 atom stereocenters. The molecular weight excluding hydrogens is 300 g/mol. The lowest BCUT2D eigenvalue weighted by Crippen LogP contribution is -1.97. The Morgan fingerprint density at radius 2 is 1.94 bits per heavy atom. The lowest BCUT2D eigenvalue weighted by Gasteiger charge is -2.10. The molecule has 0 aliphatic heterocycles. The molecule has 0 bridgehead atoms. The predicted octanol–water partition coefficient (Wildman–Crippen LogP) is 1.94. The number of halogens is 1. The zero-order valence-electron chi connectivity index (χ0n) is 9.87. The summed E-state index contributed by atoms with van der Waals surface area (Å²) >= 11 is 3.41. The number of benzene rings is 1. The van der Waals surface area contributed by atoms with Gasteiger partial charge in [0.2, 0.25) is 0 Å². The fraction of sp³-hybridized carbons (Fsp3) is 0.182. The average molecular weight is 311 g/mol. The summed E-state index contributed by atoms with van der Waals surface area (Å²) in [5, 5.41) is 11.5. The molecule has 0 aliphatic rings. The first kappa shape index (κ1) is 12.6. The van der Waals surface area contributed by atoms with E-state index in [1.165, 1.54) is 17.3 Å². The summed E-state index contributed by atoms with van der Waals surface area (Å²) in [5.74, 6) is 1.26. The van der Waals surface area contributed by atoms with Gasteiger partial charge in [0.15, 0.2) is 11.5 Å². The predicted molar refractivity (Wildman–Crippen MR) is 70.3 cm³/mol. The third-order valence-electron chi connectivity index (χ3n) is 2.21. The maximum Gasteiger partial charge on any atom is 0.169 e. The maximum atomic E-state index is 5.31. The second-order valence-corrected chi connectivity index (χ2v) is 4.23. The lowest BCUT2D eigenvalue weighted by molar-refractivity contribution is 0.354. The Bertz CT molecular complexity index is 554. The summed E-state index contributed by atoms with van der Waals surface area (Å²) in [5.41, 5.74) is 0.789. The van der Waals surface area contributed by atoms with Crippen LogP contribution in [-0.2, 0) is 0 Å². The second-order valence-electron chi connectivity index (χ2n) is 3.32. The molecule has 1 aromatic carbocycles. The van der Waals surface area contributed by atoms with Gasteiger partial charge >= 0.3 is 0 Å². The topological polar surface area (TPSA) is 61.5 Å². The second kappa shape index (κ2) is 5.63. The molecule has 0 radical (unpaired) electrons. The number of hydrogen-bond acceptors (Lipinski definition) is 5. The van der Waals surface area contributed by atoms with Gasteiger partial charge in [-0.2, -0.15) is 5.10 Å². The highest BCUT2D eigenvalue weighted by atomic mass is 79.9. The van der Waals surface area contributed by atoms with Crippen molar-refractivity contribution in [3.05, 3.63) is 34.8 Å². The highest BCUT2D eigenvalue weighted by Gasteiger charge is 2.10. The Balaban J connectivity index is 2.40. The molecule has 18 heavy (non-hydrogen) atoms. The minimum absolute atomic E-state index is 0.623. The number of hydrogen-bond donors (Lipinski definition) is 0. The molecule has 0 saturated heterocycles. The van der Waals surface area contributed by atoms with E-state index >= 15 is 0 Å². The van der Waals surface area contributed by atoms with Crippen LogP contribution in [0.3, 0.4) is 0 Å². The Labute approximate surface area is 112 Å². The lowest BCUT2D eigenvalue weighted by atomic mass is 10.2. The van der Waals surface area contributed by atoms with Crippen LogP contribution in [0.1, 0.15) is 5.56 Å². The zero-order chi connectivity index (χ0) is 13.0. The van der Waals surface area contributed by atoms with Crippen molar-refractivity contribution in [3.63, 3.8) is 0 Å². The Hall–Kier alpha value is -1.89. The molecule has 0 spiro atoms. The van der Waals surface area contributed by atoms with Crippen LogP contribution in [0.4, 0.5) is 0 Å². The average Bonchev–Trinajstić information content (AvgIpc) is 2.88. The van der Waals surface area contributed by atoms with E-state index in [0.717, 1.165) is 10.0 Å². The van der Waals surface area contributed by atoms with E-state index in [2.05, 4.69) is 31.2 Å². The van der Waals surface area contributed by atoms with Gasteiger partial charge in [0.1, 0.15) is 12.7 Å². The first-order valence-electron chi connectivity index (χ1n) is 5.05. The molecule has 0 N–H and O–H groups in total. The van der Waals surface area contributed by atoms with Gasteiger partial charge in [-0.05, 0) is 12.1 Å². The third kappa shape index (κ3) is 2.67. The molecule has 0 saturated carbocycles. The normalized spacial score (nSPS) is 10.8. The largest absolute Gasteiger partial charge is 0.493 e. The van der Waals surface area contributed by atoms with Crippen LogP contribution >= 0.6 is 15.9 Å². The van der Waals surface area contributed by atoms with Crippen LogP contribution in [0.2, 0.25) is 0 Å². The summed E-state index contributed by atoms with van der Waals surface area (Å²) in [6.07, 6.45) is 4.64. The molecule has 1 aromatic heterocycles. The number of aromatic nitrogens is 3. The summed E-state index contributed by atoms with van der Waals surface area (Å²) in [6.45, 7) is 0. The molecule has 0 aliphatic carbocycles. The molecule has 0 fully saturated rings. The minimum atomic E-state index is 0.623. The molecule has 1 heterocycles. The summed E-state index contributed by atoms with van der Waals surface area (Å²) < 4.78 is 12.9. The first-order chi connectivity index (χ1) is 8.74. The van der Waals surface area contributed by atoms with E-state index in [1.807, 2.05) is 12.1 Å². The molecule has 0 amide bonds. The van der Waals surface area contributed by atoms with Gasteiger partial charge < -0.3 is 9.47 Å². The van der Waals surface area contributed by atoms with Gasteiger partial charge in [0, 0.05) is 10.0 Å². The Kier molecular flexibility index (Phi) is 3.93. The third-order valence-corrected chi connectivity index (χ3v) is 2.67. The quantitative estimate of drug-likeness (QED) is 0.810.